The van der Waals surface area contributed by atoms with Crippen molar-refractivity contribution >= 4 is 17.7 Å². The molecule has 3 N–H and O–H groups in total. The van der Waals surface area contributed by atoms with Crippen LogP contribution in [0.3, 0.4) is 0 Å². The number of rotatable bonds is 5. The smallest absolute Gasteiger partial charge is 0.223 e. The van der Waals surface area contributed by atoms with Gasteiger partial charge in [0.1, 0.15) is 0 Å². The number of nitrogens with two attached hydrogens (primary N) is 1. The van der Waals surface area contributed by atoms with Gasteiger partial charge in [-0.1, -0.05) is 24.6 Å². The predicted molar refractivity (Wildman–Crippen MR) is 80.1 cm³/mol. The van der Waals surface area contributed by atoms with Gasteiger partial charge in [0.05, 0.1) is 0 Å². The Hall–Kier alpha value is -1.00. The Morgan fingerprint density at radius 1 is 1.32 bits per heavy atom. The number of hydrogen-bond donors (Lipinski definition) is 2. The summed E-state index contributed by atoms with van der Waals surface area (Å²) in [6.45, 7) is 0.726. The Bertz CT molecular complexity index is 396. The molecule has 1 aromatic rings. The van der Waals surface area contributed by atoms with Crippen LogP contribution in [0.15, 0.2) is 35.2 Å². The van der Waals surface area contributed by atoms with Crippen LogP contribution in [0.5, 0.6) is 0 Å². The summed E-state index contributed by atoms with van der Waals surface area (Å²) in [6.07, 6.45) is 3.98. The van der Waals surface area contributed by atoms with E-state index < -0.39 is 0 Å². The lowest BCUT2D eigenvalue weighted by Gasteiger charge is -2.25. The maximum Gasteiger partial charge on any atom is 0.223 e. The average Bonchev–Trinajstić information content (AvgIpc) is 2.44. The molecule has 1 aromatic carbocycles. The number of nitrogens with one attached hydrogen (secondary N) is 1. The maximum atomic E-state index is 12.0. The lowest BCUT2D eigenvalue weighted by molar-refractivity contribution is -0.125. The summed E-state index contributed by atoms with van der Waals surface area (Å²) in [6, 6.07) is 10.5. The van der Waals surface area contributed by atoms with E-state index in [1.807, 2.05) is 18.2 Å². The van der Waals surface area contributed by atoms with E-state index in [4.69, 9.17) is 5.73 Å². The number of benzene rings is 1. The molecule has 0 heterocycles. The van der Waals surface area contributed by atoms with E-state index in [0.717, 1.165) is 38.0 Å². The van der Waals surface area contributed by atoms with Crippen LogP contribution >= 0.6 is 11.8 Å². The van der Waals surface area contributed by atoms with Gasteiger partial charge < -0.3 is 11.1 Å². The van der Waals surface area contributed by atoms with Crippen molar-refractivity contribution in [2.75, 3.05) is 12.3 Å². The van der Waals surface area contributed by atoms with Gasteiger partial charge in [-0.05, 0) is 31.4 Å². The molecule has 3 nitrogen and oxygen atoms in total. The first kappa shape index (κ1) is 14.4. The van der Waals surface area contributed by atoms with E-state index in [0.29, 0.717) is 0 Å². The Morgan fingerprint density at radius 3 is 2.84 bits per heavy atom. The van der Waals surface area contributed by atoms with Crippen molar-refractivity contribution in [1.82, 2.24) is 5.32 Å². The first-order valence-electron chi connectivity index (χ1n) is 6.97. The zero-order chi connectivity index (χ0) is 13.5. The summed E-state index contributed by atoms with van der Waals surface area (Å²) in [5.74, 6) is 1.23. The van der Waals surface area contributed by atoms with E-state index in [-0.39, 0.29) is 17.9 Å². The quantitative estimate of drug-likeness (QED) is 0.642. The Labute approximate surface area is 119 Å². The fraction of sp³-hybridized carbons (Fsp3) is 0.533. The van der Waals surface area contributed by atoms with Gasteiger partial charge in [0.25, 0.3) is 0 Å². The van der Waals surface area contributed by atoms with E-state index in [1.165, 1.54) is 4.90 Å². The van der Waals surface area contributed by atoms with Crippen LogP contribution in [0.4, 0.5) is 0 Å². The lowest BCUT2D eigenvalue weighted by atomic mass is 9.85. The molecule has 19 heavy (non-hydrogen) atoms. The second kappa shape index (κ2) is 7.56. The molecule has 0 aromatic heterocycles. The molecule has 2 unspecified atom stereocenters. The van der Waals surface area contributed by atoms with Gasteiger partial charge in [-0.15, -0.1) is 11.8 Å². The predicted octanol–water partition coefficient (Wildman–Crippen LogP) is 2.41. The standard InChI is InChI=1S/C15H22N2OS/c16-13-6-4-5-12(11-13)15(18)17-9-10-19-14-7-2-1-3-8-14/h1-3,7-8,12-13H,4-6,9-11,16H2,(H,17,18). The Morgan fingerprint density at radius 2 is 2.11 bits per heavy atom. The van der Waals surface area contributed by atoms with Gasteiger partial charge in [0, 0.05) is 29.2 Å². The molecule has 4 heteroatoms. The zero-order valence-electron chi connectivity index (χ0n) is 11.2. The molecule has 1 saturated carbocycles. The second-order valence-electron chi connectivity index (χ2n) is 5.08. The third-order valence-electron chi connectivity index (χ3n) is 3.50. The molecule has 2 atom stereocenters. The van der Waals surface area contributed by atoms with Crippen LogP contribution in [-0.4, -0.2) is 24.2 Å². The summed E-state index contributed by atoms with van der Waals surface area (Å²) in [4.78, 5) is 13.2. The molecular weight excluding hydrogens is 256 g/mol. The first-order chi connectivity index (χ1) is 9.25. The van der Waals surface area contributed by atoms with Crippen molar-refractivity contribution in [3.63, 3.8) is 0 Å². The second-order valence-corrected chi connectivity index (χ2v) is 6.24. The summed E-state index contributed by atoms with van der Waals surface area (Å²) < 4.78 is 0. The molecule has 0 bridgehead atoms. The minimum atomic E-state index is 0.130. The number of amides is 1. The molecule has 0 radical (unpaired) electrons. The SMILES string of the molecule is NC1CCCC(C(=O)NCCSc2ccccc2)C1. The van der Waals surface area contributed by atoms with E-state index >= 15 is 0 Å². The van der Waals surface area contributed by atoms with Gasteiger partial charge in [0.2, 0.25) is 5.91 Å². The maximum absolute atomic E-state index is 12.0. The highest BCUT2D eigenvalue weighted by atomic mass is 32.2. The lowest BCUT2D eigenvalue weighted by Crippen LogP contribution is -2.38. The van der Waals surface area contributed by atoms with Crippen molar-refractivity contribution in [1.29, 1.82) is 0 Å². The van der Waals surface area contributed by atoms with Crippen LogP contribution in [-0.2, 0) is 4.79 Å². The Balaban J connectivity index is 1.64. The van der Waals surface area contributed by atoms with Crippen molar-refractivity contribution in [3.8, 4) is 0 Å². The van der Waals surface area contributed by atoms with E-state index in [2.05, 4.69) is 17.4 Å². The van der Waals surface area contributed by atoms with Crippen molar-refractivity contribution in [3.05, 3.63) is 30.3 Å². The van der Waals surface area contributed by atoms with Crippen molar-refractivity contribution in [2.24, 2.45) is 11.7 Å². The summed E-state index contributed by atoms with van der Waals surface area (Å²) >= 11 is 1.77. The summed E-state index contributed by atoms with van der Waals surface area (Å²) in [5, 5.41) is 3.03. The molecule has 1 aliphatic carbocycles. The fourth-order valence-corrected chi connectivity index (χ4v) is 3.26. The first-order valence-corrected chi connectivity index (χ1v) is 7.95. The topological polar surface area (TPSA) is 55.1 Å². The molecule has 1 fully saturated rings. The van der Waals surface area contributed by atoms with Crippen LogP contribution in [0, 0.1) is 5.92 Å². The fourth-order valence-electron chi connectivity index (χ4n) is 2.47. The molecule has 2 rings (SSSR count). The summed E-state index contributed by atoms with van der Waals surface area (Å²) in [7, 11) is 0. The molecule has 1 aliphatic rings. The van der Waals surface area contributed by atoms with Crippen LogP contribution in [0.25, 0.3) is 0 Å². The monoisotopic (exact) mass is 278 g/mol. The number of hydrogen-bond acceptors (Lipinski definition) is 3. The Kier molecular flexibility index (Phi) is 5.73. The molecule has 1 amide bonds. The van der Waals surface area contributed by atoms with Gasteiger partial charge in [-0.3, -0.25) is 4.79 Å². The molecule has 0 aliphatic heterocycles. The normalized spacial score (nSPS) is 23.0. The molecule has 0 saturated heterocycles. The minimum absolute atomic E-state index is 0.130. The van der Waals surface area contributed by atoms with E-state index in [1.54, 1.807) is 11.8 Å². The highest BCUT2D eigenvalue weighted by molar-refractivity contribution is 7.99. The number of carbonyl (C=O) groups excluding carboxylic acids is 1. The molecule has 0 spiro atoms. The number of thioether (sulfide) groups is 1. The zero-order valence-corrected chi connectivity index (χ0v) is 12.0. The van der Waals surface area contributed by atoms with Gasteiger partial charge in [0.15, 0.2) is 0 Å². The van der Waals surface area contributed by atoms with Crippen LogP contribution in [0.2, 0.25) is 0 Å². The highest BCUT2D eigenvalue weighted by Gasteiger charge is 2.24. The third-order valence-corrected chi connectivity index (χ3v) is 4.51. The van der Waals surface area contributed by atoms with Gasteiger partial charge in [-0.25, -0.2) is 0 Å². The van der Waals surface area contributed by atoms with Crippen LogP contribution in [0.1, 0.15) is 25.7 Å². The van der Waals surface area contributed by atoms with Crippen LogP contribution < -0.4 is 11.1 Å². The minimum Gasteiger partial charge on any atom is -0.355 e. The molecule has 104 valence electrons. The third kappa shape index (κ3) is 4.88. The molecular formula is C15H22N2OS. The van der Waals surface area contributed by atoms with Gasteiger partial charge in [-0.2, -0.15) is 0 Å². The van der Waals surface area contributed by atoms with E-state index in [9.17, 15) is 4.79 Å². The summed E-state index contributed by atoms with van der Waals surface area (Å²) in [5.41, 5.74) is 5.91. The van der Waals surface area contributed by atoms with Gasteiger partial charge >= 0.3 is 0 Å². The average molecular weight is 278 g/mol. The highest BCUT2D eigenvalue weighted by Crippen LogP contribution is 2.23. The van der Waals surface area contributed by atoms with Crippen molar-refractivity contribution in [2.45, 2.75) is 36.6 Å². The van der Waals surface area contributed by atoms with Crippen molar-refractivity contribution < 1.29 is 4.79 Å². The largest absolute Gasteiger partial charge is 0.355 e. The number of carbonyl (C=O) groups is 1.